The number of carboxylic acids is 1. The van der Waals surface area contributed by atoms with Gasteiger partial charge in [0.2, 0.25) is 0 Å². The number of carbonyl (C=O) groups is 1. The molecular formula is C36H58O6. The summed E-state index contributed by atoms with van der Waals surface area (Å²) in [6.45, 7) is 4.34. The van der Waals surface area contributed by atoms with Gasteiger partial charge in [-0.2, -0.15) is 0 Å². The third-order valence-corrected chi connectivity index (χ3v) is 8.91. The summed E-state index contributed by atoms with van der Waals surface area (Å²) in [5.41, 5.74) is 6.48. The molecule has 0 spiro atoms. The van der Waals surface area contributed by atoms with Crippen LogP contribution >= 0.6 is 0 Å². The summed E-state index contributed by atoms with van der Waals surface area (Å²) < 4.78 is 0. The van der Waals surface area contributed by atoms with Gasteiger partial charge in [0.15, 0.2) is 0 Å². The van der Waals surface area contributed by atoms with Gasteiger partial charge < -0.3 is 25.5 Å². The van der Waals surface area contributed by atoms with E-state index in [2.05, 4.69) is 38.1 Å². The van der Waals surface area contributed by atoms with Crippen molar-refractivity contribution in [3.63, 3.8) is 0 Å². The van der Waals surface area contributed by atoms with Gasteiger partial charge in [0.25, 0.3) is 0 Å². The molecule has 0 aliphatic heterocycles. The molecule has 0 heterocycles. The summed E-state index contributed by atoms with van der Waals surface area (Å²) in [7, 11) is 0. The van der Waals surface area contributed by atoms with E-state index in [-0.39, 0.29) is 19.6 Å². The summed E-state index contributed by atoms with van der Waals surface area (Å²) in [6, 6.07) is 6.64. The quantitative estimate of drug-likeness (QED) is 0.111. The maximum Gasteiger partial charge on any atom is 0.303 e. The van der Waals surface area contributed by atoms with Gasteiger partial charge in [0, 0.05) is 13.0 Å². The summed E-state index contributed by atoms with van der Waals surface area (Å²) in [4.78, 5) is 11.0. The fourth-order valence-electron chi connectivity index (χ4n) is 6.41. The minimum Gasteiger partial charge on any atom is -0.481 e. The number of hydrogen-bond donors (Lipinski definition) is 5. The van der Waals surface area contributed by atoms with Gasteiger partial charge in [-0.1, -0.05) is 88.3 Å². The Hall–Kier alpha value is -1.99. The number of aliphatic carboxylic acids is 1. The van der Waals surface area contributed by atoms with Gasteiger partial charge in [0.1, 0.15) is 0 Å². The Balaban J connectivity index is 2.43. The van der Waals surface area contributed by atoms with E-state index in [1.54, 1.807) is 0 Å². The van der Waals surface area contributed by atoms with Gasteiger partial charge in [-0.25, -0.2) is 0 Å². The number of aliphatic hydroxyl groups excluding tert-OH is 4. The third-order valence-electron chi connectivity index (χ3n) is 8.91. The van der Waals surface area contributed by atoms with Crippen LogP contribution in [0.5, 0.6) is 0 Å². The summed E-state index contributed by atoms with van der Waals surface area (Å²) in [5, 5.41) is 49.4. The Bertz CT molecular complexity index is 968. The number of rotatable bonds is 19. The van der Waals surface area contributed by atoms with E-state index in [1.807, 2.05) is 6.08 Å². The predicted molar refractivity (Wildman–Crippen MR) is 171 cm³/mol. The minimum absolute atomic E-state index is 0.205. The summed E-state index contributed by atoms with van der Waals surface area (Å²) >= 11 is 0. The molecule has 238 valence electrons. The van der Waals surface area contributed by atoms with E-state index in [0.29, 0.717) is 24.7 Å². The van der Waals surface area contributed by atoms with Crippen LogP contribution in [0.4, 0.5) is 0 Å². The molecule has 0 amide bonds. The fourth-order valence-corrected chi connectivity index (χ4v) is 6.41. The van der Waals surface area contributed by atoms with Gasteiger partial charge in [-0.15, -0.1) is 0 Å². The lowest BCUT2D eigenvalue weighted by molar-refractivity contribution is -0.137. The van der Waals surface area contributed by atoms with Crippen LogP contribution in [0.15, 0.2) is 41.5 Å². The van der Waals surface area contributed by atoms with Crippen molar-refractivity contribution in [2.75, 3.05) is 13.2 Å². The van der Waals surface area contributed by atoms with E-state index < -0.39 is 18.2 Å². The van der Waals surface area contributed by atoms with Crippen LogP contribution in [0.3, 0.4) is 0 Å². The molecule has 1 aliphatic rings. The maximum atomic E-state index is 11.0. The molecule has 0 aromatic heterocycles. The standard InChI is InChI=1S/C36H58O6/c1-3-4-6-14-32(39)21-20-29-18-19-30-13-9-15-34(27(2)11-10-23-37)35(30)22-17-28(12-7-5-8-16-36(41)42)24-31(29)25-33(40)26-38/h9,13,15,20-21,27-28,32-33,37-40H,3-8,10-12,14,16-19,22-26H2,1-2H3,(H,41,42)/b21-20+,31-29-/t27-,28-,32+,33+/m1/s1. The highest BCUT2D eigenvalue weighted by Crippen LogP contribution is 2.35. The van der Waals surface area contributed by atoms with E-state index in [1.165, 1.54) is 22.3 Å². The molecule has 5 N–H and O–H groups in total. The molecule has 0 saturated heterocycles. The number of benzene rings is 1. The average molecular weight is 587 g/mol. The molecule has 1 aromatic rings. The highest BCUT2D eigenvalue weighted by atomic mass is 16.4. The second kappa shape index (κ2) is 20.8. The first-order valence-corrected chi connectivity index (χ1v) is 16.6. The highest BCUT2D eigenvalue weighted by molar-refractivity contribution is 5.66. The number of unbranched alkanes of at least 4 members (excludes halogenated alkanes) is 4. The second-order valence-electron chi connectivity index (χ2n) is 12.4. The monoisotopic (exact) mass is 586 g/mol. The number of aliphatic hydroxyl groups is 4. The van der Waals surface area contributed by atoms with Crippen molar-refractivity contribution in [3.8, 4) is 0 Å². The number of allylic oxidation sites excluding steroid dienone is 2. The van der Waals surface area contributed by atoms with Gasteiger partial charge in [0.05, 0.1) is 18.8 Å². The Labute approximate surface area is 254 Å². The molecule has 1 aromatic carbocycles. The minimum atomic E-state index is -0.816. The van der Waals surface area contributed by atoms with Crippen molar-refractivity contribution >= 4 is 5.97 Å². The van der Waals surface area contributed by atoms with Gasteiger partial charge >= 0.3 is 5.97 Å². The maximum absolute atomic E-state index is 11.0. The molecule has 4 atom stereocenters. The topological polar surface area (TPSA) is 118 Å². The van der Waals surface area contributed by atoms with E-state index in [4.69, 9.17) is 5.11 Å². The summed E-state index contributed by atoms with van der Waals surface area (Å²) in [6.07, 6.45) is 17.0. The lowest BCUT2D eigenvalue weighted by Crippen LogP contribution is -2.17. The van der Waals surface area contributed by atoms with E-state index >= 15 is 0 Å². The molecule has 6 nitrogen and oxygen atoms in total. The largest absolute Gasteiger partial charge is 0.481 e. The smallest absolute Gasteiger partial charge is 0.303 e. The Morgan fingerprint density at radius 2 is 1.81 bits per heavy atom. The van der Waals surface area contributed by atoms with Gasteiger partial charge in [-0.3, -0.25) is 4.79 Å². The average Bonchev–Trinajstić information content (AvgIpc) is 2.97. The fraction of sp³-hybridized carbons (Fsp3) is 0.694. The Morgan fingerprint density at radius 1 is 1.00 bits per heavy atom. The number of hydrogen-bond acceptors (Lipinski definition) is 5. The number of fused-ring (bicyclic) bond motifs is 1. The molecule has 2 rings (SSSR count). The second-order valence-corrected chi connectivity index (χ2v) is 12.4. The molecule has 0 fully saturated rings. The van der Waals surface area contributed by atoms with Crippen molar-refractivity contribution in [1.29, 1.82) is 0 Å². The lowest BCUT2D eigenvalue weighted by atomic mass is 9.79. The van der Waals surface area contributed by atoms with E-state index in [0.717, 1.165) is 95.5 Å². The molecule has 1 aliphatic carbocycles. The molecular weight excluding hydrogens is 528 g/mol. The van der Waals surface area contributed by atoms with Crippen molar-refractivity contribution in [2.24, 2.45) is 5.92 Å². The van der Waals surface area contributed by atoms with E-state index in [9.17, 15) is 25.2 Å². The van der Waals surface area contributed by atoms with Crippen LogP contribution in [0.1, 0.15) is 133 Å². The van der Waals surface area contributed by atoms with Crippen LogP contribution < -0.4 is 0 Å². The number of aryl methyl sites for hydroxylation is 1. The third kappa shape index (κ3) is 13.5. The van der Waals surface area contributed by atoms with Crippen LogP contribution in [-0.2, 0) is 17.6 Å². The first kappa shape index (κ1) is 36.2. The SMILES string of the molecule is CCCCC[C@H](O)/C=C/C1=C(\C[C@H](O)CO)C[C@H](CCCCCC(=O)O)CCc2c(cccc2[C@H](C)CCCO)CC1. The Morgan fingerprint density at radius 3 is 2.52 bits per heavy atom. The molecule has 0 radical (unpaired) electrons. The van der Waals surface area contributed by atoms with Crippen LogP contribution in [-0.4, -0.2) is 56.9 Å². The van der Waals surface area contributed by atoms with Crippen LogP contribution in [0.2, 0.25) is 0 Å². The van der Waals surface area contributed by atoms with Crippen molar-refractivity contribution in [1.82, 2.24) is 0 Å². The van der Waals surface area contributed by atoms with Crippen molar-refractivity contribution in [2.45, 2.75) is 141 Å². The zero-order valence-electron chi connectivity index (χ0n) is 26.3. The zero-order valence-corrected chi connectivity index (χ0v) is 26.3. The van der Waals surface area contributed by atoms with Gasteiger partial charge in [-0.05, 0) is 98.3 Å². The molecule has 0 bridgehead atoms. The van der Waals surface area contributed by atoms with Crippen LogP contribution in [0, 0.1) is 5.92 Å². The number of carboxylic acid groups (broad SMARTS) is 1. The Kier molecular flexibility index (Phi) is 18.0. The predicted octanol–water partition coefficient (Wildman–Crippen LogP) is 7.02. The van der Waals surface area contributed by atoms with Crippen LogP contribution in [0.25, 0.3) is 0 Å². The first-order valence-electron chi connectivity index (χ1n) is 16.6. The molecule has 42 heavy (non-hydrogen) atoms. The van der Waals surface area contributed by atoms with Crippen molar-refractivity contribution < 1.29 is 30.3 Å². The zero-order chi connectivity index (χ0) is 30.7. The lowest BCUT2D eigenvalue weighted by Gasteiger charge is -2.27. The first-order chi connectivity index (χ1) is 20.3. The molecule has 6 heteroatoms. The highest BCUT2D eigenvalue weighted by Gasteiger charge is 2.22. The molecule has 0 unspecified atom stereocenters. The molecule has 0 saturated carbocycles. The summed E-state index contributed by atoms with van der Waals surface area (Å²) in [5.74, 6) is -0.00188. The normalized spacial score (nSPS) is 20.3. The van der Waals surface area contributed by atoms with Crippen molar-refractivity contribution in [3.05, 3.63) is 58.2 Å².